The number of thiazole rings is 1. The van der Waals surface area contributed by atoms with Crippen molar-refractivity contribution in [1.82, 2.24) is 4.98 Å². The molecule has 0 aliphatic heterocycles. The fourth-order valence-corrected chi connectivity index (χ4v) is 3.68. The van der Waals surface area contributed by atoms with Gasteiger partial charge in [0.25, 0.3) is 5.91 Å². The van der Waals surface area contributed by atoms with Gasteiger partial charge in [-0.2, -0.15) is 0 Å². The highest BCUT2D eigenvalue weighted by Gasteiger charge is 2.10. The fourth-order valence-electron chi connectivity index (χ4n) is 2.25. The summed E-state index contributed by atoms with van der Waals surface area (Å²) in [5, 5.41) is 5.47. The number of hydrogen-bond donors (Lipinski definition) is 1. The maximum Gasteiger partial charge on any atom is 0.257 e. The molecular formula is C19H18N2OS2. The van der Waals surface area contributed by atoms with Crippen LogP contribution in [-0.4, -0.2) is 16.6 Å². The van der Waals surface area contributed by atoms with E-state index in [1.165, 1.54) is 16.9 Å². The first-order valence-corrected chi connectivity index (χ1v) is 9.59. The Labute approximate surface area is 150 Å². The fraction of sp³-hybridized carbons (Fsp3) is 0.158. The van der Waals surface area contributed by atoms with Crippen LogP contribution in [0.4, 0.5) is 5.13 Å². The molecule has 2 aromatic carbocycles. The Kier molecular flexibility index (Phi) is 5.33. The molecule has 0 saturated carbocycles. The van der Waals surface area contributed by atoms with Crippen LogP contribution in [-0.2, 0) is 0 Å². The third kappa shape index (κ3) is 4.04. The number of carbonyl (C=O) groups excluding carboxylic acids is 1. The van der Waals surface area contributed by atoms with E-state index in [-0.39, 0.29) is 5.91 Å². The van der Waals surface area contributed by atoms with Crippen LogP contribution in [0.5, 0.6) is 0 Å². The highest BCUT2D eigenvalue weighted by molar-refractivity contribution is 7.99. The van der Waals surface area contributed by atoms with Gasteiger partial charge in [-0.1, -0.05) is 42.8 Å². The van der Waals surface area contributed by atoms with Crippen molar-refractivity contribution in [1.29, 1.82) is 0 Å². The monoisotopic (exact) mass is 354 g/mol. The first-order chi connectivity index (χ1) is 11.7. The Morgan fingerprint density at radius 1 is 1.21 bits per heavy atom. The van der Waals surface area contributed by atoms with Gasteiger partial charge in [-0.05, 0) is 30.9 Å². The van der Waals surface area contributed by atoms with Crippen molar-refractivity contribution in [2.45, 2.75) is 18.7 Å². The minimum Gasteiger partial charge on any atom is -0.298 e. The molecule has 0 saturated heterocycles. The molecule has 1 amide bonds. The Morgan fingerprint density at radius 3 is 2.75 bits per heavy atom. The number of nitrogens with zero attached hydrogens (tertiary/aromatic N) is 1. The number of aromatic nitrogens is 1. The summed E-state index contributed by atoms with van der Waals surface area (Å²) < 4.78 is 0. The summed E-state index contributed by atoms with van der Waals surface area (Å²) in [7, 11) is 0. The zero-order valence-corrected chi connectivity index (χ0v) is 15.2. The second kappa shape index (κ2) is 7.64. The molecular weight excluding hydrogens is 336 g/mol. The average Bonchev–Trinajstić information content (AvgIpc) is 3.04. The van der Waals surface area contributed by atoms with Crippen molar-refractivity contribution < 1.29 is 4.79 Å². The van der Waals surface area contributed by atoms with Crippen molar-refractivity contribution in [3.63, 3.8) is 0 Å². The number of aryl methyl sites for hydroxylation is 1. The standard InChI is InChI=1S/C19H18N2OS2/c1-3-23-16-6-4-5-15(11-16)18(22)21-19-20-17(12-24-19)14-9-7-13(2)8-10-14/h4-12H,3H2,1-2H3,(H,20,21,22). The van der Waals surface area contributed by atoms with E-state index in [4.69, 9.17) is 0 Å². The summed E-state index contributed by atoms with van der Waals surface area (Å²) >= 11 is 3.16. The van der Waals surface area contributed by atoms with E-state index in [0.29, 0.717) is 10.7 Å². The van der Waals surface area contributed by atoms with Gasteiger partial charge in [-0.25, -0.2) is 4.98 Å². The normalized spacial score (nSPS) is 10.6. The van der Waals surface area contributed by atoms with Gasteiger partial charge in [-0.15, -0.1) is 23.1 Å². The van der Waals surface area contributed by atoms with Gasteiger partial charge in [0.1, 0.15) is 0 Å². The Bertz CT molecular complexity index is 841. The highest BCUT2D eigenvalue weighted by atomic mass is 32.2. The third-order valence-corrected chi connectivity index (χ3v) is 5.11. The SMILES string of the molecule is CCSc1cccc(C(=O)Nc2nc(-c3ccc(C)cc3)cs2)c1. The molecule has 24 heavy (non-hydrogen) atoms. The van der Waals surface area contributed by atoms with E-state index >= 15 is 0 Å². The molecule has 3 rings (SSSR count). The first-order valence-electron chi connectivity index (χ1n) is 7.72. The number of rotatable bonds is 5. The lowest BCUT2D eigenvalue weighted by Crippen LogP contribution is -2.11. The molecule has 0 aliphatic rings. The largest absolute Gasteiger partial charge is 0.298 e. The molecule has 0 radical (unpaired) electrons. The third-order valence-electron chi connectivity index (χ3n) is 3.48. The molecule has 1 N–H and O–H groups in total. The molecule has 5 heteroatoms. The maximum atomic E-state index is 12.4. The van der Waals surface area contributed by atoms with E-state index in [1.807, 2.05) is 41.8 Å². The van der Waals surface area contributed by atoms with Crippen LogP contribution in [0.25, 0.3) is 11.3 Å². The van der Waals surface area contributed by atoms with Gasteiger partial charge >= 0.3 is 0 Å². The molecule has 0 atom stereocenters. The maximum absolute atomic E-state index is 12.4. The van der Waals surface area contributed by atoms with E-state index in [0.717, 1.165) is 21.9 Å². The predicted octanol–water partition coefficient (Wildman–Crippen LogP) is 5.48. The first kappa shape index (κ1) is 16.7. The lowest BCUT2D eigenvalue weighted by molar-refractivity contribution is 0.102. The molecule has 0 aliphatic carbocycles. The van der Waals surface area contributed by atoms with Gasteiger partial charge in [0.05, 0.1) is 5.69 Å². The van der Waals surface area contributed by atoms with Gasteiger partial charge in [0, 0.05) is 21.4 Å². The number of hydrogen-bond acceptors (Lipinski definition) is 4. The predicted molar refractivity (Wildman–Crippen MR) is 103 cm³/mol. The van der Waals surface area contributed by atoms with Crippen molar-refractivity contribution in [2.75, 3.05) is 11.1 Å². The molecule has 0 bridgehead atoms. The zero-order chi connectivity index (χ0) is 16.9. The van der Waals surface area contributed by atoms with Crippen molar-refractivity contribution in [3.05, 3.63) is 65.0 Å². The highest BCUT2D eigenvalue weighted by Crippen LogP contribution is 2.26. The van der Waals surface area contributed by atoms with Crippen LogP contribution in [0, 0.1) is 6.92 Å². The van der Waals surface area contributed by atoms with Gasteiger partial charge < -0.3 is 0 Å². The number of anilines is 1. The van der Waals surface area contributed by atoms with E-state index in [9.17, 15) is 4.79 Å². The molecule has 3 nitrogen and oxygen atoms in total. The number of carbonyl (C=O) groups is 1. The summed E-state index contributed by atoms with van der Waals surface area (Å²) in [6, 6.07) is 15.9. The van der Waals surface area contributed by atoms with Crippen molar-refractivity contribution in [2.24, 2.45) is 0 Å². The van der Waals surface area contributed by atoms with Crippen LogP contribution in [0.1, 0.15) is 22.8 Å². The second-order valence-electron chi connectivity index (χ2n) is 5.32. The van der Waals surface area contributed by atoms with Crippen LogP contribution in [0.15, 0.2) is 58.8 Å². The molecule has 0 fully saturated rings. The van der Waals surface area contributed by atoms with Crippen molar-refractivity contribution >= 4 is 34.1 Å². The van der Waals surface area contributed by atoms with Gasteiger partial charge in [-0.3, -0.25) is 10.1 Å². The van der Waals surface area contributed by atoms with Crippen molar-refractivity contribution in [3.8, 4) is 11.3 Å². The quantitative estimate of drug-likeness (QED) is 0.617. The van der Waals surface area contributed by atoms with Gasteiger partial charge in [0.2, 0.25) is 0 Å². The van der Waals surface area contributed by atoms with Crippen LogP contribution < -0.4 is 5.32 Å². The number of benzene rings is 2. The average molecular weight is 354 g/mol. The summed E-state index contributed by atoms with van der Waals surface area (Å²) in [5.74, 6) is 0.857. The Morgan fingerprint density at radius 2 is 2.00 bits per heavy atom. The molecule has 1 aromatic heterocycles. The Balaban J connectivity index is 1.73. The molecule has 0 unspecified atom stereocenters. The topological polar surface area (TPSA) is 42.0 Å². The smallest absolute Gasteiger partial charge is 0.257 e. The Hall–Kier alpha value is -2.11. The lowest BCUT2D eigenvalue weighted by atomic mass is 10.1. The molecule has 122 valence electrons. The zero-order valence-electron chi connectivity index (χ0n) is 13.6. The number of amides is 1. The second-order valence-corrected chi connectivity index (χ2v) is 7.51. The number of thioether (sulfide) groups is 1. The van der Waals surface area contributed by atoms with Crippen LogP contribution in [0.3, 0.4) is 0 Å². The molecule has 1 heterocycles. The van der Waals surface area contributed by atoms with Gasteiger partial charge in [0.15, 0.2) is 5.13 Å². The van der Waals surface area contributed by atoms with Crippen LogP contribution in [0.2, 0.25) is 0 Å². The summed E-state index contributed by atoms with van der Waals surface area (Å²) in [4.78, 5) is 18.0. The summed E-state index contributed by atoms with van der Waals surface area (Å²) in [6.07, 6.45) is 0. The van der Waals surface area contributed by atoms with E-state index < -0.39 is 0 Å². The number of nitrogens with one attached hydrogen (secondary N) is 1. The molecule has 3 aromatic rings. The lowest BCUT2D eigenvalue weighted by Gasteiger charge is -2.04. The minimum atomic E-state index is -0.127. The summed E-state index contributed by atoms with van der Waals surface area (Å²) in [5.41, 5.74) is 3.80. The molecule has 0 spiro atoms. The van der Waals surface area contributed by atoms with E-state index in [1.54, 1.807) is 11.8 Å². The van der Waals surface area contributed by atoms with Crippen LogP contribution >= 0.6 is 23.1 Å². The summed E-state index contributed by atoms with van der Waals surface area (Å²) in [6.45, 7) is 4.15. The van der Waals surface area contributed by atoms with E-state index in [2.05, 4.69) is 36.3 Å². The minimum absolute atomic E-state index is 0.127.